The van der Waals surface area contributed by atoms with E-state index in [1.807, 2.05) is 18.2 Å². The second kappa shape index (κ2) is 7.60. The molecule has 7 aromatic rings. The van der Waals surface area contributed by atoms with Crippen molar-refractivity contribution in [3.63, 3.8) is 0 Å². The molecule has 0 atom stereocenters. The first-order valence-corrected chi connectivity index (χ1v) is 12.8. The van der Waals surface area contributed by atoms with Crippen LogP contribution in [0.2, 0.25) is 0 Å². The van der Waals surface area contributed by atoms with Gasteiger partial charge in [-0.3, -0.25) is 10.1 Å². The number of nitro benzene ring substituents is 1. The van der Waals surface area contributed by atoms with Crippen molar-refractivity contribution in [3.8, 4) is 11.1 Å². The van der Waals surface area contributed by atoms with Crippen LogP contribution < -0.4 is 0 Å². The lowest BCUT2D eigenvalue weighted by Gasteiger charge is -2.10. The van der Waals surface area contributed by atoms with Gasteiger partial charge in [-0.2, -0.15) is 0 Å². The van der Waals surface area contributed by atoms with Gasteiger partial charge in [0.1, 0.15) is 0 Å². The quantitative estimate of drug-likeness (QED) is 0.126. The highest BCUT2D eigenvalue weighted by Crippen LogP contribution is 2.43. The van der Waals surface area contributed by atoms with Crippen molar-refractivity contribution in [2.75, 3.05) is 0 Å². The third-order valence-electron chi connectivity index (χ3n) is 6.80. The zero-order chi connectivity index (χ0) is 23.7. The lowest BCUT2D eigenvalue weighted by molar-refractivity contribution is -0.384. The molecular weight excluding hydrogens is 518 g/mol. The van der Waals surface area contributed by atoms with E-state index in [-0.39, 0.29) is 10.6 Å². The monoisotopic (exact) mass is 533 g/mol. The zero-order valence-corrected chi connectivity index (χ0v) is 20.7. The molecule has 1 heterocycles. The molecule has 0 spiro atoms. The highest BCUT2D eigenvalue weighted by molar-refractivity contribution is 9.10. The van der Waals surface area contributed by atoms with E-state index >= 15 is 0 Å². The first-order valence-electron chi connectivity index (χ1n) is 11.2. The molecule has 0 aliphatic rings. The number of hydrogen-bond acceptors (Lipinski definition) is 3. The van der Waals surface area contributed by atoms with Crippen LogP contribution in [-0.4, -0.2) is 4.92 Å². The van der Waals surface area contributed by atoms with E-state index in [1.165, 1.54) is 47.8 Å². The number of nitrogens with zero attached hydrogens (tertiary/aromatic N) is 1. The smallest absolute Gasteiger partial charge is 0.258 e. The number of rotatable bonds is 2. The van der Waals surface area contributed by atoms with Crippen LogP contribution in [0.25, 0.3) is 63.6 Å². The molecule has 0 saturated carbocycles. The Kier molecular flexibility index (Phi) is 4.47. The van der Waals surface area contributed by atoms with Crippen molar-refractivity contribution < 1.29 is 4.92 Å². The third kappa shape index (κ3) is 3.09. The van der Waals surface area contributed by atoms with Gasteiger partial charge < -0.3 is 0 Å². The van der Waals surface area contributed by atoms with Crippen molar-refractivity contribution in [3.05, 3.63) is 112 Å². The average molecular weight is 534 g/mol. The first kappa shape index (κ1) is 20.6. The maximum Gasteiger partial charge on any atom is 0.278 e. The van der Waals surface area contributed by atoms with Gasteiger partial charge >= 0.3 is 0 Å². The van der Waals surface area contributed by atoms with Gasteiger partial charge in [0.05, 0.1) is 10.5 Å². The largest absolute Gasteiger partial charge is 0.278 e. The number of benzene rings is 6. The van der Waals surface area contributed by atoms with Crippen molar-refractivity contribution >= 4 is 85.4 Å². The summed E-state index contributed by atoms with van der Waals surface area (Å²) in [7, 11) is 0. The minimum atomic E-state index is -0.321. The highest BCUT2D eigenvalue weighted by Gasteiger charge is 2.18. The van der Waals surface area contributed by atoms with Crippen LogP contribution in [0.4, 0.5) is 5.69 Å². The summed E-state index contributed by atoms with van der Waals surface area (Å²) < 4.78 is 3.04. The second-order valence-corrected chi connectivity index (χ2v) is 10.7. The zero-order valence-electron chi connectivity index (χ0n) is 18.3. The van der Waals surface area contributed by atoms with Gasteiger partial charge in [0, 0.05) is 30.7 Å². The van der Waals surface area contributed by atoms with Crippen molar-refractivity contribution in [1.82, 2.24) is 0 Å². The van der Waals surface area contributed by atoms with E-state index in [2.05, 4.69) is 88.7 Å². The molecule has 0 saturated heterocycles. The van der Waals surface area contributed by atoms with Gasteiger partial charge in [0.2, 0.25) is 0 Å². The molecule has 5 heteroatoms. The molecule has 7 rings (SSSR count). The van der Waals surface area contributed by atoms with Crippen LogP contribution in [-0.2, 0) is 0 Å². The maximum atomic E-state index is 11.7. The predicted molar refractivity (Wildman–Crippen MR) is 152 cm³/mol. The Bertz CT molecular complexity index is 2010. The minimum Gasteiger partial charge on any atom is -0.258 e. The Hall–Kier alpha value is -3.80. The molecule has 0 N–H and O–H groups in total. The molecule has 35 heavy (non-hydrogen) atoms. The fourth-order valence-electron chi connectivity index (χ4n) is 5.24. The molecule has 0 bridgehead atoms. The molecule has 1 aromatic heterocycles. The summed E-state index contributed by atoms with van der Waals surface area (Å²) in [4.78, 5) is 11.4. The molecule has 0 unspecified atom stereocenters. The Morgan fingerprint density at radius 1 is 0.600 bits per heavy atom. The van der Waals surface area contributed by atoms with Crippen molar-refractivity contribution in [1.29, 1.82) is 0 Å². The third-order valence-corrected chi connectivity index (χ3v) is 8.41. The average Bonchev–Trinajstić information content (AvgIpc) is 3.24. The lowest BCUT2D eigenvalue weighted by atomic mass is 9.93. The van der Waals surface area contributed by atoms with Gasteiger partial charge in [-0.15, -0.1) is 11.3 Å². The van der Waals surface area contributed by atoms with Crippen LogP contribution in [0.5, 0.6) is 0 Å². The second-order valence-electron chi connectivity index (χ2n) is 8.72. The number of nitro groups is 1. The van der Waals surface area contributed by atoms with E-state index in [0.717, 1.165) is 10.3 Å². The summed E-state index contributed by atoms with van der Waals surface area (Å²) in [5.41, 5.74) is 1.58. The Labute approximate surface area is 212 Å². The summed E-state index contributed by atoms with van der Waals surface area (Å²) >= 11 is 5.09. The van der Waals surface area contributed by atoms with Gasteiger partial charge in [-0.25, -0.2) is 0 Å². The summed E-state index contributed by atoms with van der Waals surface area (Å²) in [5.74, 6) is 0. The van der Waals surface area contributed by atoms with Crippen molar-refractivity contribution in [2.45, 2.75) is 0 Å². The molecule has 0 aliphatic carbocycles. The van der Waals surface area contributed by atoms with E-state index < -0.39 is 0 Å². The topological polar surface area (TPSA) is 43.1 Å². The SMILES string of the molecule is O=[N+]([O-])c1cc(Br)ccc1-c1ccc2c(c1)sc1cc3c4ccccc4c4ccccc4c3cc12. The summed E-state index contributed by atoms with van der Waals surface area (Å²) in [6.07, 6.45) is 0. The maximum absolute atomic E-state index is 11.7. The molecule has 3 nitrogen and oxygen atoms in total. The molecular formula is C30H16BrNO2S. The summed E-state index contributed by atoms with van der Waals surface area (Å²) in [5, 5.41) is 21.6. The number of halogens is 1. The molecule has 0 aliphatic heterocycles. The fraction of sp³-hybridized carbons (Fsp3) is 0. The normalized spacial score (nSPS) is 11.8. The van der Waals surface area contributed by atoms with E-state index in [9.17, 15) is 10.1 Å². The lowest BCUT2D eigenvalue weighted by Crippen LogP contribution is -1.91. The van der Waals surface area contributed by atoms with Crippen LogP contribution in [0.15, 0.2) is 102 Å². The van der Waals surface area contributed by atoms with Gasteiger partial charge in [-0.1, -0.05) is 76.6 Å². The molecule has 6 aromatic carbocycles. The van der Waals surface area contributed by atoms with Gasteiger partial charge in [0.25, 0.3) is 5.69 Å². The minimum absolute atomic E-state index is 0.100. The highest BCUT2D eigenvalue weighted by atomic mass is 79.9. The molecule has 166 valence electrons. The predicted octanol–water partition coefficient (Wildman–Crippen LogP) is 9.85. The Morgan fingerprint density at radius 3 is 1.86 bits per heavy atom. The van der Waals surface area contributed by atoms with Crippen LogP contribution in [0.3, 0.4) is 0 Å². The van der Waals surface area contributed by atoms with Crippen molar-refractivity contribution in [2.24, 2.45) is 0 Å². The van der Waals surface area contributed by atoms with E-state index in [1.54, 1.807) is 17.4 Å². The molecule has 0 amide bonds. The summed E-state index contributed by atoms with van der Waals surface area (Å²) in [6, 6.07) is 33.2. The first-order chi connectivity index (χ1) is 17.1. The molecule has 0 fully saturated rings. The number of hydrogen-bond donors (Lipinski definition) is 0. The van der Waals surface area contributed by atoms with Gasteiger partial charge in [0.15, 0.2) is 0 Å². The van der Waals surface area contributed by atoms with E-state index in [4.69, 9.17) is 0 Å². The molecule has 0 radical (unpaired) electrons. The van der Waals surface area contributed by atoms with Gasteiger partial charge in [-0.05, 0) is 68.2 Å². The van der Waals surface area contributed by atoms with Crippen LogP contribution in [0.1, 0.15) is 0 Å². The Balaban J connectivity index is 1.54. The number of thiophene rings is 1. The van der Waals surface area contributed by atoms with Crippen LogP contribution >= 0.6 is 27.3 Å². The summed E-state index contributed by atoms with van der Waals surface area (Å²) in [6.45, 7) is 0. The Morgan fingerprint density at radius 2 is 1.20 bits per heavy atom. The standard InChI is InChI=1S/C30H16BrNO2S/c31-18-10-12-19(28(14-18)32(33)34)17-9-11-24-27-15-25-22-7-3-1-5-20(22)21-6-2-4-8-23(21)26(25)16-30(27)35-29(24)13-17/h1-16H. The number of fused-ring (bicyclic) bond motifs is 9. The van der Waals surface area contributed by atoms with Crippen LogP contribution in [0, 0.1) is 10.1 Å². The fourth-order valence-corrected chi connectivity index (χ4v) is 6.76. The van der Waals surface area contributed by atoms with E-state index in [0.29, 0.717) is 10.0 Å².